The van der Waals surface area contributed by atoms with E-state index in [2.05, 4.69) is 4.98 Å². The number of anilines is 1. The Balaban J connectivity index is 2.23. The molecule has 3 heteroatoms. The van der Waals surface area contributed by atoms with Crippen molar-refractivity contribution in [3.05, 3.63) is 10.4 Å². The van der Waals surface area contributed by atoms with E-state index in [4.69, 9.17) is 5.73 Å². The van der Waals surface area contributed by atoms with Crippen LogP contribution in [0.1, 0.15) is 30.1 Å². The number of thiazole rings is 1. The number of nitrogens with two attached hydrogens (primary N) is 1. The van der Waals surface area contributed by atoms with E-state index >= 15 is 0 Å². The van der Waals surface area contributed by atoms with E-state index in [9.17, 15) is 0 Å². The van der Waals surface area contributed by atoms with Crippen molar-refractivity contribution in [2.45, 2.75) is 25.2 Å². The molecule has 0 atom stereocenters. The molecule has 0 saturated heterocycles. The minimum atomic E-state index is 0.743. The fraction of sp³-hybridized carbons (Fsp3) is 0.571. The Morgan fingerprint density at radius 2 is 2.40 bits per heavy atom. The van der Waals surface area contributed by atoms with Crippen molar-refractivity contribution in [1.82, 2.24) is 4.98 Å². The largest absolute Gasteiger partial charge is 0.383 e. The molecule has 1 aliphatic rings. The molecular formula is C7H10N2S. The molecule has 1 heterocycles. The second-order valence-corrected chi connectivity index (χ2v) is 3.62. The van der Waals surface area contributed by atoms with Gasteiger partial charge in [0.1, 0.15) is 5.82 Å². The molecule has 0 radical (unpaired) electrons. The topological polar surface area (TPSA) is 38.9 Å². The van der Waals surface area contributed by atoms with E-state index in [0.717, 1.165) is 11.7 Å². The van der Waals surface area contributed by atoms with Crippen LogP contribution in [0.3, 0.4) is 0 Å². The number of nitrogens with zero attached hydrogens (tertiary/aromatic N) is 1. The number of nitrogen functional groups attached to an aromatic ring is 1. The maximum atomic E-state index is 5.65. The summed E-state index contributed by atoms with van der Waals surface area (Å²) in [6.07, 6.45) is 3.99. The fourth-order valence-corrected chi connectivity index (χ4v) is 2.12. The first-order chi connectivity index (χ1) is 4.88. The van der Waals surface area contributed by atoms with E-state index < -0.39 is 0 Å². The van der Waals surface area contributed by atoms with Crippen molar-refractivity contribution in [1.29, 1.82) is 0 Å². The van der Waals surface area contributed by atoms with Crippen LogP contribution < -0.4 is 5.73 Å². The van der Waals surface area contributed by atoms with Crippen LogP contribution >= 0.6 is 11.3 Å². The van der Waals surface area contributed by atoms with Crippen molar-refractivity contribution in [2.75, 3.05) is 5.73 Å². The van der Waals surface area contributed by atoms with Crippen molar-refractivity contribution < 1.29 is 0 Å². The first kappa shape index (κ1) is 6.16. The fourth-order valence-electron chi connectivity index (χ4n) is 1.24. The molecule has 0 unspecified atom stereocenters. The monoisotopic (exact) mass is 154 g/mol. The Morgan fingerprint density at radius 3 is 2.80 bits per heavy atom. The minimum absolute atomic E-state index is 0.743. The maximum absolute atomic E-state index is 5.65. The van der Waals surface area contributed by atoms with Crippen molar-refractivity contribution >= 4 is 17.2 Å². The summed E-state index contributed by atoms with van der Waals surface area (Å²) in [7, 11) is 0. The van der Waals surface area contributed by atoms with Gasteiger partial charge in [0.2, 0.25) is 0 Å². The zero-order valence-corrected chi connectivity index (χ0v) is 6.53. The van der Waals surface area contributed by atoms with Crippen LogP contribution in [0.5, 0.6) is 0 Å². The maximum Gasteiger partial charge on any atom is 0.137 e. The molecule has 54 valence electrons. The average molecular weight is 154 g/mol. The molecule has 0 aromatic carbocycles. The summed E-state index contributed by atoms with van der Waals surface area (Å²) in [6, 6.07) is 0. The molecule has 0 amide bonds. The van der Waals surface area contributed by atoms with E-state index in [0.29, 0.717) is 0 Å². The van der Waals surface area contributed by atoms with Gasteiger partial charge in [-0.15, -0.1) is 11.3 Å². The van der Waals surface area contributed by atoms with Gasteiger partial charge in [0.25, 0.3) is 0 Å². The highest BCUT2D eigenvalue weighted by molar-refractivity contribution is 7.10. The molecule has 2 rings (SSSR count). The summed E-state index contributed by atoms with van der Waals surface area (Å²) < 4.78 is 0. The second-order valence-electron chi connectivity index (χ2n) is 2.73. The highest BCUT2D eigenvalue weighted by Crippen LogP contribution is 2.40. The third kappa shape index (κ3) is 0.814. The Labute approximate surface area is 64.1 Å². The van der Waals surface area contributed by atoms with Crippen LogP contribution in [0, 0.1) is 0 Å². The summed E-state index contributed by atoms with van der Waals surface area (Å²) in [6.45, 7) is 0. The minimum Gasteiger partial charge on any atom is -0.383 e. The molecule has 2 nitrogen and oxygen atoms in total. The number of rotatable bonds is 1. The van der Waals surface area contributed by atoms with Gasteiger partial charge in [-0.3, -0.25) is 0 Å². The van der Waals surface area contributed by atoms with Gasteiger partial charge < -0.3 is 5.73 Å². The molecule has 0 bridgehead atoms. The Kier molecular flexibility index (Phi) is 1.38. The molecule has 1 aromatic rings. The molecule has 10 heavy (non-hydrogen) atoms. The van der Waals surface area contributed by atoms with Gasteiger partial charge in [0, 0.05) is 0 Å². The van der Waals surface area contributed by atoms with Crippen LogP contribution in [0.15, 0.2) is 5.51 Å². The van der Waals surface area contributed by atoms with Crippen molar-refractivity contribution in [3.63, 3.8) is 0 Å². The predicted octanol–water partition coefficient (Wildman–Crippen LogP) is 1.99. The van der Waals surface area contributed by atoms with Gasteiger partial charge in [0.15, 0.2) is 0 Å². The normalized spacial score (nSPS) is 18.8. The first-order valence-corrected chi connectivity index (χ1v) is 4.45. The Hall–Kier alpha value is -0.570. The lowest BCUT2D eigenvalue weighted by atomic mass is 9.84. The summed E-state index contributed by atoms with van der Waals surface area (Å²) in [5.74, 6) is 1.50. The first-order valence-electron chi connectivity index (χ1n) is 3.57. The molecule has 0 spiro atoms. The molecule has 1 saturated carbocycles. The van der Waals surface area contributed by atoms with Crippen LogP contribution in [0.2, 0.25) is 0 Å². The van der Waals surface area contributed by atoms with E-state index in [1.807, 2.05) is 5.51 Å². The lowest BCUT2D eigenvalue weighted by Gasteiger charge is -2.23. The lowest BCUT2D eigenvalue weighted by Crippen LogP contribution is -2.08. The van der Waals surface area contributed by atoms with Gasteiger partial charge in [-0.05, 0) is 18.8 Å². The molecule has 1 aliphatic carbocycles. The highest BCUT2D eigenvalue weighted by atomic mass is 32.1. The van der Waals surface area contributed by atoms with Crippen LogP contribution in [0.4, 0.5) is 5.82 Å². The van der Waals surface area contributed by atoms with Crippen molar-refractivity contribution in [2.24, 2.45) is 0 Å². The molecule has 2 N–H and O–H groups in total. The molecule has 0 aliphatic heterocycles. The number of hydrogen-bond acceptors (Lipinski definition) is 3. The smallest absolute Gasteiger partial charge is 0.137 e. The standard InChI is InChI=1S/C7H10N2S/c8-7-6(10-4-9-7)5-2-1-3-5/h4-5H,1-3,8H2. The van der Waals surface area contributed by atoms with E-state index in [1.165, 1.54) is 24.1 Å². The quantitative estimate of drug-likeness (QED) is 0.672. The van der Waals surface area contributed by atoms with Gasteiger partial charge in [0.05, 0.1) is 10.4 Å². The van der Waals surface area contributed by atoms with E-state index in [-0.39, 0.29) is 0 Å². The van der Waals surface area contributed by atoms with Crippen LogP contribution in [-0.4, -0.2) is 4.98 Å². The molecular weight excluding hydrogens is 144 g/mol. The molecule has 1 fully saturated rings. The summed E-state index contributed by atoms with van der Waals surface area (Å²) in [5, 5.41) is 0. The number of hydrogen-bond donors (Lipinski definition) is 1. The zero-order valence-electron chi connectivity index (χ0n) is 5.71. The van der Waals surface area contributed by atoms with Gasteiger partial charge in [-0.2, -0.15) is 0 Å². The molecule has 1 aromatic heterocycles. The Bertz CT molecular complexity index is 227. The van der Waals surface area contributed by atoms with Crippen LogP contribution in [-0.2, 0) is 0 Å². The SMILES string of the molecule is Nc1ncsc1C1CCC1. The summed E-state index contributed by atoms with van der Waals surface area (Å²) >= 11 is 1.70. The summed E-state index contributed by atoms with van der Waals surface area (Å²) in [5.41, 5.74) is 7.49. The summed E-state index contributed by atoms with van der Waals surface area (Å²) in [4.78, 5) is 5.33. The highest BCUT2D eigenvalue weighted by Gasteiger charge is 2.22. The van der Waals surface area contributed by atoms with E-state index in [1.54, 1.807) is 11.3 Å². The van der Waals surface area contributed by atoms with Crippen molar-refractivity contribution in [3.8, 4) is 0 Å². The Morgan fingerprint density at radius 1 is 1.60 bits per heavy atom. The third-order valence-electron chi connectivity index (χ3n) is 2.10. The van der Waals surface area contributed by atoms with Gasteiger partial charge in [-0.1, -0.05) is 6.42 Å². The van der Waals surface area contributed by atoms with Crippen LogP contribution in [0.25, 0.3) is 0 Å². The van der Waals surface area contributed by atoms with Gasteiger partial charge in [-0.25, -0.2) is 4.98 Å². The lowest BCUT2D eigenvalue weighted by molar-refractivity contribution is 0.426. The number of aromatic nitrogens is 1. The zero-order chi connectivity index (χ0) is 6.97. The predicted molar refractivity (Wildman–Crippen MR) is 43.1 cm³/mol. The second kappa shape index (κ2) is 2.23. The average Bonchev–Trinajstić information content (AvgIpc) is 2.12. The third-order valence-corrected chi connectivity index (χ3v) is 3.11. The van der Waals surface area contributed by atoms with Gasteiger partial charge >= 0.3 is 0 Å².